The van der Waals surface area contributed by atoms with Gasteiger partial charge in [0, 0.05) is 16.5 Å². The van der Waals surface area contributed by atoms with E-state index in [-0.39, 0.29) is 5.82 Å². The highest BCUT2D eigenvalue weighted by atomic mass is 35.5. The van der Waals surface area contributed by atoms with Gasteiger partial charge in [0.15, 0.2) is 0 Å². The molecule has 0 aliphatic carbocycles. The molecular formula is C15H13Cl2FO. The van der Waals surface area contributed by atoms with Crippen molar-refractivity contribution in [3.63, 3.8) is 0 Å². The van der Waals surface area contributed by atoms with Crippen molar-refractivity contribution in [2.75, 3.05) is 0 Å². The summed E-state index contributed by atoms with van der Waals surface area (Å²) in [5.41, 5.74) is 2.30. The first-order chi connectivity index (χ1) is 8.99. The number of aliphatic hydroxyl groups is 1. The van der Waals surface area contributed by atoms with Gasteiger partial charge in [-0.2, -0.15) is 0 Å². The highest BCUT2D eigenvalue weighted by Crippen LogP contribution is 2.28. The molecule has 1 unspecified atom stereocenters. The van der Waals surface area contributed by atoms with Crippen LogP contribution in [0.1, 0.15) is 22.8 Å². The second-order valence-electron chi connectivity index (χ2n) is 4.41. The van der Waals surface area contributed by atoms with E-state index in [1.54, 1.807) is 18.2 Å². The fourth-order valence-electron chi connectivity index (χ4n) is 1.99. The van der Waals surface area contributed by atoms with Crippen molar-refractivity contribution in [1.29, 1.82) is 0 Å². The van der Waals surface area contributed by atoms with E-state index in [1.807, 2.05) is 13.0 Å². The molecule has 0 heterocycles. The Balaban J connectivity index is 2.25. The SMILES string of the molecule is Cc1c(Cl)cccc1C(O)Cc1ccc(F)cc1Cl. The van der Waals surface area contributed by atoms with Crippen LogP contribution >= 0.6 is 23.2 Å². The van der Waals surface area contributed by atoms with Crippen LogP contribution < -0.4 is 0 Å². The molecular weight excluding hydrogens is 286 g/mol. The van der Waals surface area contributed by atoms with E-state index in [1.165, 1.54) is 12.1 Å². The summed E-state index contributed by atoms with van der Waals surface area (Å²) in [4.78, 5) is 0. The second-order valence-corrected chi connectivity index (χ2v) is 5.22. The molecule has 0 spiro atoms. The van der Waals surface area contributed by atoms with Crippen LogP contribution in [0, 0.1) is 12.7 Å². The fourth-order valence-corrected chi connectivity index (χ4v) is 2.42. The number of hydrogen-bond acceptors (Lipinski definition) is 1. The largest absolute Gasteiger partial charge is 0.388 e. The molecule has 2 rings (SSSR count). The maximum Gasteiger partial charge on any atom is 0.124 e. The third-order valence-corrected chi connectivity index (χ3v) is 3.86. The molecule has 0 fully saturated rings. The molecule has 0 saturated heterocycles. The Kier molecular flexibility index (Phi) is 4.46. The quantitative estimate of drug-likeness (QED) is 0.869. The highest BCUT2D eigenvalue weighted by Gasteiger charge is 2.14. The monoisotopic (exact) mass is 298 g/mol. The fraction of sp³-hybridized carbons (Fsp3) is 0.200. The zero-order chi connectivity index (χ0) is 14.0. The molecule has 1 N–H and O–H groups in total. The van der Waals surface area contributed by atoms with Gasteiger partial charge in [-0.25, -0.2) is 4.39 Å². The van der Waals surface area contributed by atoms with Crippen LogP contribution in [0.2, 0.25) is 10.0 Å². The summed E-state index contributed by atoms with van der Waals surface area (Å²) in [7, 11) is 0. The Morgan fingerprint density at radius 3 is 2.58 bits per heavy atom. The molecule has 2 aromatic rings. The summed E-state index contributed by atoms with van der Waals surface area (Å²) in [6, 6.07) is 9.55. The molecule has 0 bridgehead atoms. The molecule has 0 aromatic heterocycles. The molecule has 0 aliphatic rings. The molecule has 2 aromatic carbocycles. The summed E-state index contributed by atoms with van der Waals surface area (Å²) in [5, 5.41) is 11.2. The lowest BCUT2D eigenvalue weighted by molar-refractivity contribution is 0.177. The molecule has 4 heteroatoms. The van der Waals surface area contributed by atoms with Gasteiger partial charge in [-0.05, 0) is 41.8 Å². The number of rotatable bonds is 3. The first kappa shape index (κ1) is 14.3. The van der Waals surface area contributed by atoms with Crippen LogP contribution in [0.25, 0.3) is 0 Å². The van der Waals surface area contributed by atoms with Crippen LogP contribution in [0.4, 0.5) is 4.39 Å². The van der Waals surface area contributed by atoms with E-state index < -0.39 is 6.10 Å². The predicted molar refractivity (Wildman–Crippen MR) is 76.3 cm³/mol. The van der Waals surface area contributed by atoms with E-state index in [0.29, 0.717) is 22.0 Å². The molecule has 100 valence electrons. The minimum Gasteiger partial charge on any atom is -0.388 e. The lowest BCUT2D eigenvalue weighted by Crippen LogP contribution is -2.04. The van der Waals surface area contributed by atoms with Gasteiger partial charge in [-0.3, -0.25) is 0 Å². The van der Waals surface area contributed by atoms with Gasteiger partial charge >= 0.3 is 0 Å². The van der Waals surface area contributed by atoms with Gasteiger partial charge in [0.1, 0.15) is 5.82 Å². The lowest BCUT2D eigenvalue weighted by Gasteiger charge is -2.15. The first-order valence-electron chi connectivity index (χ1n) is 5.86. The first-order valence-corrected chi connectivity index (χ1v) is 6.61. The Morgan fingerprint density at radius 1 is 1.16 bits per heavy atom. The summed E-state index contributed by atoms with van der Waals surface area (Å²) < 4.78 is 13.0. The normalized spacial score (nSPS) is 12.5. The summed E-state index contributed by atoms with van der Waals surface area (Å²) in [6.45, 7) is 1.85. The minimum atomic E-state index is -0.721. The third-order valence-electron chi connectivity index (χ3n) is 3.10. The Hall–Kier alpha value is -1.09. The Bertz CT molecular complexity index is 599. The zero-order valence-corrected chi connectivity index (χ0v) is 11.8. The van der Waals surface area contributed by atoms with Gasteiger partial charge in [0.2, 0.25) is 0 Å². The van der Waals surface area contributed by atoms with Crippen LogP contribution in [0.5, 0.6) is 0 Å². The van der Waals surface area contributed by atoms with Gasteiger partial charge in [0.25, 0.3) is 0 Å². The van der Waals surface area contributed by atoms with Crippen molar-refractivity contribution in [2.24, 2.45) is 0 Å². The maximum atomic E-state index is 13.0. The summed E-state index contributed by atoms with van der Waals surface area (Å²) in [5.74, 6) is -0.387. The Labute approximate surface area is 121 Å². The highest BCUT2D eigenvalue weighted by molar-refractivity contribution is 6.31. The number of hydrogen-bond donors (Lipinski definition) is 1. The third kappa shape index (κ3) is 3.27. The average molecular weight is 299 g/mol. The van der Waals surface area contributed by atoms with Crippen molar-refractivity contribution < 1.29 is 9.50 Å². The van der Waals surface area contributed by atoms with E-state index >= 15 is 0 Å². The van der Waals surface area contributed by atoms with Gasteiger partial charge in [-0.15, -0.1) is 0 Å². The molecule has 19 heavy (non-hydrogen) atoms. The smallest absolute Gasteiger partial charge is 0.124 e. The van der Waals surface area contributed by atoms with Gasteiger partial charge < -0.3 is 5.11 Å². The lowest BCUT2D eigenvalue weighted by atomic mass is 9.97. The number of aliphatic hydroxyl groups excluding tert-OH is 1. The van der Waals surface area contributed by atoms with Crippen molar-refractivity contribution >= 4 is 23.2 Å². The standard InChI is InChI=1S/C15H13Cl2FO/c1-9-12(3-2-4-13(9)16)15(19)7-10-5-6-11(18)8-14(10)17/h2-6,8,15,19H,7H2,1H3. The molecule has 0 aliphatic heterocycles. The molecule has 1 nitrogen and oxygen atoms in total. The van der Waals surface area contributed by atoms with E-state index in [4.69, 9.17) is 23.2 Å². The summed E-state index contributed by atoms with van der Waals surface area (Å²) >= 11 is 12.0. The van der Waals surface area contributed by atoms with E-state index in [2.05, 4.69) is 0 Å². The second kappa shape index (κ2) is 5.91. The minimum absolute atomic E-state index is 0.318. The maximum absolute atomic E-state index is 13.0. The molecule has 0 amide bonds. The zero-order valence-electron chi connectivity index (χ0n) is 10.3. The van der Waals surface area contributed by atoms with E-state index in [0.717, 1.165) is 11.1 Å². The topological polar surface area (TPSA) is 20.2 Å². The van der Waals surface area contributed by atoms with Crippen LogP contribution in [0.3, 0.4) is 0 Å². The molecule has 1 atom stereocenters. The Morgan fingerprint density at radius 2 is 1.89 bits per heavy atom. The predicted octanol–water partition coefficient (Wildman–Crippen LogP) is 4.72. The number of halogens is 3. The number of benzene rings is 2. The van der Waals surface area contributed by atoms with E-state index in [9.17, 15) is 9.50 Å². The van der Waals surface area contributed by atoms with Gasteiger partial charge in [0.05, 0.1) is 6.10 Å². The van der Waals surface area contributed by atoms with Crippen LogP contribution in [-0.2, 0) is 6.42 Å². The average Bonchev–Trinajstić information content (AvgIpc) is 2.36. The van der Waals surface area contributed by atoms with Crippen molar-refractivity contribution in [1.82, 2.24) is 0 Å². The van der Waals surface area contributed by atoms with Crippen molar-refractivity contribution in [3.8, 4) is 0 Å². The van der Waals surface area contributed by atoms with Crippen molar-refractivity contribution in [3.05, 3.63) is 69.0 Å². The molecule has 0 saturated carbocycles. The van der Waals surface area contributed by atoms with Crippen LogP contribution in [-0.4, -0.2) is 5.11 Å². The summed E-state index contributed by atoms with van der Waals surface area (Å²) in [6.07, 6.45) is -0.401. The van der Waals surface area contributed by atoms with Crippen LogP contribution in [0.15, 0.2) is 36.4 Å². The molecule has 0 radical (unpaired) electrons. The van der Waals surface area contributed by atoms with Gasteiger partial charge in [-0.1, -0.05) is 41.4 Å². The van der Waals surface area contributed by atoms with Crippen molar-refractivity contribution in [2.45, 2.75) is 19.4 Å².